The van der Waals surface area contributed by atoms with Gasteiger partial charge in [0.1, 0.15) is 5.78 Å². The number of halogens is 1. The second-order valence-corrected chi connectivity index (χ2v) is 5.80. The molecule has 0 saturated heterocycles. The van der Waals surface area contributed by atoms with E-state index in [-0.39, 0.29) is 5.78 Å². The highest BCUT2D eigenvalue weighted by atomic mass is 79.9. The van der Waals surface area contributed by atoms with Crippen molar-refractivity contribution in [2.75, 3.05) is 5.75 Å². The van der Waals surface area contributed by atoms with Crippen LogP contribution in [-0.4, -0.2) is 15.7 Å². The third-order valence-electron chi connectivity index (χ3n) is 1.92. The fourth-order valence-corrected chi connectivity index (χ4v) is 2.86. The summed E-state index contributed by atoms with van der Waals surface area (Å²) in [7, 11) is -0.992. The molecule has 1 aromatic carbocycles. The zero-order valence-corrected chi connectivity index (χ0v) is 10.9. The summed E-state index contributed by atoms with van der Waals surface area (Å²) in [5, 5.41) is 0. The van der Waals surface area contributed by atoms with Crippen LogP contribution in [0.25, 0.3) is 0 Å². The van der Waals surface area contributed by atoms with Crippen LogP contribution in [0.4, 0.5) is 0 Å². The molecule has 1 unspecified atom stereocenters. The maximum Gasteiger partial charge on any atom is 0.129 e. The van der Waals surface area contributed by atoms with Gasteiger partial charge in [0.25, 0.3) is 0 Å². The van der Waals surface area contributed by atoms with E-state index in [4.69, 9.17) is 0 Å². The highest BCUT2D eigenvalue weighted by Gasteiger charge is 2.04. The molecule has 2 nitrogen and oxygen atoms in total. The third kappa shape index (κ3) is 4.71. The van der Waals surface area contributed by atoms with Crippen molar-refractivity contribution in [2.45, 2.75) is 24.7 Å². The maximum atomic E-state index is 11.8. The predicted molar refractivity (Wildman–Crippen MR) is 65.3 cm³/mol. The first-order chi connectivity index (χ1) is 7.09. The lowest BCUT2D eigenvalue weighted by atomic mass is 10.3. The molecule has 0 radical (unpaired) electrons. The van der Waals surface area contributed by atoms with Crippen molar-refractivity contribution < 1.29 is 9.00 Å². The molecule has 0 heterocycles. The number of hydrogen-bond acceptors (Lipinski definition) is 2. The van der Waals surface area contributed by atoms with Crippen LogP contribution in [0, 0.1) is 0 Å². The van der Waals surface area contributed by atoms with Crippen molar-refractivity contribution >= 4 is 32.5 Å². The molecule has 1 atom stereocenters. The standard InChI is InChI=1S/C11H13BrO2S/c1-9(13)4-3-7-15(14)11-6-2-5-10(12)8-11/h2,5-6,8H,3-4,7H2,1H3. The lowest BCUT2D eigenvalue weighted by molar-refractivity contribution is -0.117. The maximum absolute atomic E-state index is 11.8. The predicted octanol–water partition coefficient (Wildman–Crippen LogP) is 2.93. The zero-order chi connectivity index (χ0) is 11.3. The van der Waals surface area contributed by atoms with Gasteiger partial charge in [-0.25, -0.2) is 0 Å². The third-order valence-corrected chi connectivity index (χ3v) is 3.85. The normalized spacial score (nSPS) is 12.4. The molecular weight excluding hydrogens is 276 g/mol. The number of Topliss-reactive ketones (excluding diaryl/α,β-unsaturated/α-hetero) is 1. The summed E-state index contributed by atoms with van der Waals surface area (Å²) < 4.78 is 12.7. The van der Waals surface area contributed by atoms with E-state index in [1.807, 2.05) is 24.3 Å². The van der Waals surface area contributed by atoms with E-state index in [0.29, 0.717) is 18.6 Å². The van der Waals surface area contributed by atoms with Crippen LogP contribution in [0.15, 0.2) is 33.6 Å². The van der Waals surface area contributed by atoms with Crippen molar-refractivity contribution in [2.24, 2.45) is 0 Å². The Morgan fingerprint density at radius 3 is 2.80 bits per heavy atom. The molecule has 0 aromatic heterocycles. The van der Waals surface area contributed by atoms with Crippen LogP contribution in [0.1, 0.15) is 19.8 Å². The molecule has 0 N–H and O–H groups in total. The van der Waals surface area contributed by atoms with Crippen molar-refractivity contribution in [1.29, 1.82) is 0 Å². The topological polar surface area (TPSA) is 34.1 Å². The van der Waals surface area contributed by atoms with Crippen LogP contribution in [0.2, 0.25) is 0 Å². The van der Waals surface area contributed by atoms with E-state index < -0.39 is 10.8 Å². The van der Waals surface area contributed by atoms with Gasteiger partial charge in [-0.3, -0.25) is 4.21 Å². The first-order valence-corrected chi connectivity index (χ1v) is 6.84. The Bertz CT molecular complexity index is 377. The highest BCUT2D eigenvalue weighted by molar-refractivity contribution is 9.10. The molecule has 0 saturated carbocycles. The van der Waals surface area contributed by atoms with Crippen molar-refractivity contribution in [3.05, 3.63) is 28.7 Å². The van der Waals surface area contributed by atoms with Gasteiger partial charge in [0.2, 0.25) is 0 Å². The molecule has 0 spiro atoms. The molecule has 82 valence electrons. The zero-order valence-electron chi connectivity index (χ0n) is 8.53. The molecule has 0 amide bonds. The van der Waals surface area contributed by atoms with Crippen LogP contribution in [0.5, 0.6) is 0 Å². The van der Waals surface area contributed by atoms with Crippen molar-refractivity contribution in [3.63, 3.8) is 0 Å². The molecule has 4 heteroatoms. The Hall–Kier alpha value is -0.480. The molecular formula is C11H13BrO2S. The Balaban J connectivity index is 2.50. The molecule has 0 aliphatic rings. The number of rotatable bonds is 5. The van der Waals surface area contributed by atoms with E-state index in [9.17, 15) is 9.00 Å². The molecule has 0 aliphatic heterocycles. The van der Waals surface area contributed by atoms with E-state index in [1.54, 1.807) is 6.92 Å². The Kier molecular flexibility index (Phi) is 5.19. The molecule has 1 rings (SSSR count). The molecule has 0 aliphatic carbocycles. The highest BCUT2D eigenvalue weighted by Crippen LogP contribution is 2.15. The minimum atomic E-state index is -0.992. The molecule has 15 heavy (non-hydrogen) atoms. The van der Waals surface area contributed by atoms with Crippen LogP contribution < -0.4 is 0 Å². The number of benzene rings is 1. The largest absolute Gasteiger partial charge is 0.300 e. The fraction of sp³-hybridized carbons (Fsp3) is 0.364. The minimum Gasteiger partial charge on any atom is -0.300 e. The first kappa shape index (κ1) is 12.6. The fourth-order valence-electron chi connectivity index (χ4n) is 1.18. The van der Waals surface area contributed by atoms with Gasteiger partial charge in [0.05, 0.1) is 10.8 Å². The van der Waals surface area contributed by atoms with Gasteiger partial charge in [0.15, 0.2) is 0 Å². The number of carbonyl (C=O) groups is 1. The SMILES string of the molecule is CC(=O)CCCS(=O)c1cccc(Br)c1. The number of ketones is 1. The molecule has 1 aromatic rings. The Morgan fingerprint density at radius 2 is 2.20 bits per heavy atom. The second kappa shape index (κ2) is 6.18. The lowest BCUT2D eigenvalue weighted by Gasteiger charge is -2.01. The summed E-state index contributed by atoms with van der Waals surface area (Å²) >= 11 is 3.33. The minimum absolute atomic E-state index is 0.154. The number of hydrogen-bond donors (Lipinski definition) is 0. The summed E-state index contributed by atoms with van der Waals surface area (Å²) in [4.78, 5) is 11.5. The summed E-state index contributed by atoms with van der Waals surface area (Å²) in [6, 6.07) is 7.46. The van der Waals surface area contributed by atoms with Gasteiger partial charge in [-0.05, 0) is 31.5 Å². The summed E-state index contributed by atoms with van der Waals surface area (Å²) in [5.74, 6) is 0.706. The number of carbonyl (C=O) groups excluding carboxylic acids is 1. The smallest absolute Gasteiger partial charge is 0.129 e. The van der Waals surface area contributed by atoms with Crippen LogP contribution in [-0.2, 0) is 15.6 Å². The summed E-state index contributed by atoms with van der Waals surface area (Å²) in [6.07, 6.45) is 1.20. The van der Waals surface area contributed by atoms with E-state index >= 15 is 0 Å². The second-order valence-electron chi connectivity index (χ2n) is 3.31. The average molecular weight is 289 g/mol. The van der Waals surface area contributed by atoms with Gasteiger partial charge >= 0.3 is 0 Å². The van der Waals surface area contributed by atoms with Crippen molar-refractivity contribution in [1.82, 2.24) is 0 Å². The quantitative estimate of drug-likeness (QED) is 0.835. The van der Waals surface area contributed by atoms with Gasteiger partial charge in [-0.2, -0.15) is 0 Å². The van der Waals surface area contributed by atoms with Crippen LogP contribution >= 0.6 is 15.9 Å². The first-order valence-electron chi connectivity index (χ1n) is 4.73. The average Bonchev–Trinajstić information content (AvgIpc) is 2.17. The Morgan fingerprint density at radius 1 is 1.47 bits per heavy atom. The monoisotopic (exact) mass is 288 g/mol. The van der Waals surface area contributed by atoms with Gasteiger partial charge < -0.3 is 4.79 Å². The summed E-state index contributed by atoms with van der Waals surface area (Å²) in [5.41, 5.74) is 0. The lowest BCUT2D eigenvalue weighted by Crippen LogP contribution is -2.00. The van der Waals surface area contributed by atoms with Crippen LogP contribution in [0.3, 0.4) is 0 Å². The summed E-state index contributed by atoms with van der Waals surface area (Å²) in [6.45, 7) is 1.56. The Labute approximate surface area is 101 Å². The van der Waals surface area contributed by atoms with Gasteiger partial charge in [-0.1, -0.05) is 22.0 Å². The van der Waals surface area contributed by atoms with E-state index in [0.717, 1.165) is 9.37 Å². The van der Waals surface area contributed by atoms with E-state index in [1.165, 1.54) is 0 Å². The van der Waals surface area contributed by atoms with Gasteiger partial charge in [-0.15, -0.1) is 0 Å². The van der Waals surface area contributed by atoms with Gasteiger partial charge in [0, 0.05) is 21.5 Å². The molecule has 0 fully saturated rings. The molecule has 0 bridgehead atoms. The van der Waals surface area contributed by atoms with E-state index in [2.05, 4.69) is 15.9 Å². The van der Waals surface area contributed by atoms with Crippen molar-refractivity contribution in [3.8, 4) is 0 Å².